The Morgan fingerprint density at radius 1 is 0.938 bits per heavy atom. The van der Waals surface area contributed by atoms with Gasteiger partial charge in [-0.1, -0.05) is 30.3 Å². The highest BCUT2D eigenvalue weighted by Gasteiger charge is 2.31. The van der Waals surface area contributed by atoms with Gasteiger partial charge in [0.25, 0.3) is 11.5 Å². The fraction of sp³-hybridized carbons (Fsp3) is 0.360. The van der Waals surface area contributed by atoms with E-state index in [9.17, 15) is 14.4 Å². The molecule has 2 aliphatic rings. The number of hydrogen-bond acceptors (Lipinski definition) is 5. The Hall–Kier alpha value is -3.48. The van der Waals surface area contributed by atoms with Gasteiger partial charge in [0.15, 0.2) is 0 Å². The summed E-state index contributed by atoms with van der Waals surface area (Å²) in [6, 6.07) is 13.9. The monoisotopic (exact) mass is 431 g/mol. The van der Waals surface area contributed by atoms with E-state index in [4.69, 9.17) is 4.74 Å². The Morgan fingerprint density at radius 3 is 2.50 bits per heavy atom. The Bertz CT molecular complexity index is 1230. The van der Waals surface area contributed by atoms with Crippen molar-refractivity contribution in [3.8, 4) is 0 Å². The van der Waals surface area contributed by atoms with Crippen molar-refractivity contribution in [2.75, 3.05) is 13.1 Å². The van der Waals surface area contributed by atoms with Crippen LogP contribution in [0, 0.1) is 0 Å². The molecule has 1 amide bonds. The molecule has 5 rings (SSSR count). The summed E-state index contributed by atoms with van der Waals surface area (Å²) < 4.78 is 7.47. The van der Waals surface area contributed by atoms with E-state index >= 15 is 0 Å². The molecule has 0 aliphatic carbocycles. The molecule has 2 aromatic carbocycles. The maximum atomic E-state index is 13.2. The van der Waals surface area contributed by atoms with Gasteiger partial charge < -0.3 is 9.64 Å². The quantitative estimate of drug-likeness (QED) is 0.593. The number of likely N-dealkylation sites (tertiary alicyclic amines) is 1. The van der Waals surface area contributed by atoms with Crippen LogP contribution in [0.4, 0.5) is 0 Å². The summed E-state index contributed by atoms with van der Waals surface area (Å²) in [7, 11) is 0. The summed E-state index contributed by atoms with van der Waals surface area (Å²) >= 11 is 0. The van der Waals surface area contributed by atoms with E-state index in [1.807, 2.05) is 18.2 Å². The summed E-state index contributed by atoms with van der Waals surface area (Å²) in [6.45, 7) is 2.03. The van der Waals surface area contributed by atoms with Gasteiger partial charge in [0.1, 0.15) is 5.82 Å². The molecule has 1 atom stereocenters. The molecule has 1 aromatic heterocycles. The molecule has 0 unspecified atom stereocenters. The van der Waals surface area contributed by atoms with E-state index < -0.39 is 12.1 Å². The van der Waals surface area contributed by atoms with Crippen LogP contribution >= 0.6 is 0 Å². The SMILES string of the molecule is O=C(O[C@@H](C(=O)N1CCCCC1)c1ccccc1)c1ccc2c(=O)n3c(nc2c1)CCC3. The number of nitrogens with zero attached hydrogens (tertiary/aromatic N) is 3. The van der Waals surface area contributed by atoms with Gasteiger partial charge in [0.05, 0.1) is 16.5 Å². The predicted molar refractivity (Wildman–Crippen MR) is 119 cm³/mol. The zero-order valence-electron chi connectivity index (χ0n) is 17.8. The van der Waals surface area contributed by atoms with Crippen molar-refractivity contribution >= 4 is 22.8 Å². The fourth-order valence-corrected chi connectivity index (χ4v) is 4.55. The minimum atomic E-state index is -1.00. The second-order valence-electron chi connectivity index (χ2n) is 8.40. The molecular weight excluding hydrogens is 406 g/mol. The van der Waals surface area contributed by atoms with E-state index in [0.717, 1.165) is 37.9 Å². The van der Waals surface area contributed by atoms with E-state index in [2.05, 4.69) is 4.98 Å². The van der Waals surface area contributed by atoms with Crippen LogP contribution in [0.1, 0.15) is 53.5 Å². The average Bonchev–Trinajstić information content (AvgIpc) is 3.32. The van der Waals surface area contributed by atoms with Crippen molar-refractivity contribution in [1.29, 1.82) is 0 Å². The Morgan fingerprint density at radius 2 is 1.72 bits per heavy atom. The van der Waals surface area contributed by atoms with E-state index in [-0.39, 0.29) is 17.0 Å². The third-order valence-electron chi connectivity index (χ3n) is 6.27. The van der Waals surface area contributed by atoms with Crippen LogP contribution in [0.3, 0.4) is 0 Å². The second kappa shape index (κ2) is 8.57. The largest absolute Gasteiger partial charge is 0.444 e. The number of amides is 1. The molecular formula is C25H25N3O4. The van der Waals surface area contributed by atoms with Crippen molar-refractivity contribution in [2.45, 2.75) is 44.8 Å². The Balaban J connectivity index is 1.45. The molecule has 0 radical (unpaired) electrons. The molecule has 0 N–H and O–H groups in total. The summed E-state index contributed by atoms with van der Waals surface area (Å²) in [6.07, 6.45) is 3.66. The van der Waals surface area contributed by atoms with Crippen molar-refractivity contribution in [1.82, 2.24) is 14.5 Å². The lowest BCUT2D eigenvalue weighted by Gasteiger charge is -2.30. The first-order valence-electron chi connectivity index (χ1n) is 11.2. The van der Waals surface area contributed by atoms with E-state index in [1.54, 1.807) is 39.8 Å². The molecule has 32 heavy (non-hydrogen) atoms. The lowest BCUT2D eigenvalue weighted by atomic mass is 10.1. The molecule has 0 bridgehead atoms. The Kier molecular flexibility index (Phi) is 5.47. The normalized spacial score (nSPS) is 16.6. The van der Waals surface area contributed by atoms with Crippen LogP contribution in [0.2, 0.25) is 0 Å². The number of fused-ring (bicyclic) bond motifs is 2. The number of ether oxygens (including phenoxy) is 1. The number of rotatable bonds is 4. The predicted octanol–water partition coefficient (Wildman–Crippen LogP) is 3.25. The summed E-state index contributed by atoms with van der Waals surface area (Å²) in [5, 5.41) is 0.483. The van der Waals surface area contributed by atoms with Gasteiger partial charge in [-0.15, -0.1) is 0 Å². The number of aryl methyl sites for hydroxylation is 1. The van der Waals surface area contributed by atoms with Crippen LogP contribution in [0.25, 0.3) is 10.9 Å². The van der Waals surface area contributed by atoms with Crippen molar-refractivity contribution in [3.05, 3.63) is 75.8 Å². The molecule has 3 aromatic rings. The first-order chi connectivity index (χ1) is 15.6. The zero-order valence-corrected chi connectivity index (χ0v) is 17.8. The van der Waals surface area contributed by atoms with Crippen LogP contribution in [-0.4, -0.2) is 39.4 Å². The molecule has 7 heteroatoms. The van der Waals surface area contributed by atoms with E-state index in [0.29, 0.717) is 36.1 Å². The molecule has 1 saturated heterocycles. The number of esters is 1. The fourth-order valence-electron chi connectivity index (χ4n) is 4.55. The van der Waals surface area contributed by atoms with E-state index in [1.165, 1.54) is 0 Å². The molecule has 0 saturated carbocycles. The number of benzene rings is 2. The Labute approximate surface area is 185 Å². The maximum Gasteiger partial charge on any atom is 0.339 e. The van der Waals surface area contributed by atoms with Gasteiger partial charge in [0.2, 0.25) is 6.10 Å². The van der Waals surface area contributed by atoms with Crippen molar-refractivity contribution < 1.29 is 14.3 Å². The maximum absolute atomic E-state index is 13.2. The first-order valence-corrected chi connectivity index (χ1v) is 11.2. The van der Waals surface area contributed by atoms with Crippen LogP contribution in [0.5, 0.6) is 0 Å². The molecule has 7 nitrogen and oxygen atoms in total. The molecule has 2 aliphatic heterocycles. The highest BCUT2D eigenvalue weighted by atomic mass is 16.5. The summed E-state index contributed by atoms with van der Waals surface area (Å²) in [5.74, 6) is -0.0526. The zero-order chi connectivity index (χ0) is 22.1. The number of carbonyl (C=O) groups excluding carboxylic acids is 2. The topological polar surface area (TPSA) is 81.5 Å². The number of carbonyl (C=O) groups is 2. The number of piperidine rings is 1. The van der Waals surface area contributed by atoms with Gasteiger partial charge in [-0.05, 0) is 43.9 Å². The van der Waals surface area contributed by atoms with Gasteiger partial charge in [-0.3, -0.25) is 14.2 Å². The lowest BCUT2D eigenvalue weighted by Crippen LogP contribution is -2.40. The van der Waals surface area contributed by atoms with Crippen molar-refractivity contribution in [3.63, 3.8) is 0 Å². The molecule has 164 valence electrons. The molecule has 0 spiro atoms. The third kappa shape index (κ3) is 3.79. The van der Waals surface area contributed by atoms with Gasteiger partial charge >= 0.3 is 5.97 Å². The smallest absolute Gasteiger partial charge is 0.339 e. The highest BCUT2D eigenvalue weighted by molar-refractivity contribution is 5.96. The lowest BCUT2D eigenvalue weighted by molar-refractivity contribution is -0.142. The van der Waals surface area contributed by atoms with Crippen molar-refractivity contribution in [2.24, 2.45) is 0 Å². The van der Waals surface area contributed by atoms with Crippen LogP contribution in [-0.2, 0) is 22.5 Å². The average molecular weight is 431 g/mol. The molecule has 3 heterocycles. The summed E-state index contributed by atoms with van der Waals surface area (Å²) in [4.78, 5) is 45.4. The van der Waals surface area contributed by atoms with Gasteiger partial charge in [0, 0.05) is 31.6 Å². The summed E-state index contributed by atoms with van der Waals surface area (Å²) in [5.41, 5.74) is 1.33. The number of hydrogen-bond donors (Lipinski definition) is 0. The minimum Gasteiger partial charge on any atom is -0.444 e. The minimum absolute atomic E-state index is 0.0788. The third-order valence-corrected chi connectivity index (χ3v) is 6.27. The van der Waals surface area contributed by atoms with Gasteiger partial charge in [-0.2, -0.15) is 0 Å². The highest BCUT2D eigenvalue weighted by Crippen LogP contribution is 2.25. The number of aromatic nitrogens is 2. The van der Waals surface area contributed by atoms with Gasteiger partial charge in [-0.25, -0.2) is 9.78 Å². The first kappa shape index (κ1) is 20.4. The standard InChI is InChI=1S/C25H25N3O4/c29-23-19-12-11-18(16-20(19)26-21-10-7-15-28(21)23)25(31)32-22(17-8-3-1-4-9-17)24(30)27-13-5-2-6-14-27/h1,3-4,8-9,11-12,16,22H,2,5-7,10,13-15H2/t22-/m1/s1. The second-order valence-corrected chi connectivity index (χ2v) is 8.40. The molecule has 1 fully saturated rings. The van der Waals surface area contributed by atoms with Crippen LogP contribution in [0.15, 0.2) is 53.3 Å². The van der Waals surface area contributed by atoms with Crippen LogP contribution < -0.4 is 5.56 Å².